The second-order valence-electron chi connectivity index (χ2n) is 7.75. The van der Waals surface area contributed by atoms with Crippen molar-refractivity contribution in [2.75, 3.05) is 33.4 Å². The van der Waals surface area contributed by atoms with E-state index in [1.54, 1.807) is 19.2 Å². The molecule has 2 N–H and O–H groups in total. The van der Waals surface area contributed by atoms with Gasteiger partial charge in [-0.25, -0.2) is 0 Å². The summed E-state index contributed by atoms with van der Waals surface area (Å²) in [4.78, 5) is 15.3. The molecule has 1 aliphatic rings. The third-order valence-electron chi connectivity index (χ3n) is 5.67. The van der Waals surface area contributed by atoms with Crippen LogP contribution in [-0.2, 0) is 0 Å². The first-order valence-electron chi connectivity index (χ1n) is 10.4. The molecule has 158 valence electrons. The highest BCUT2D eigenvalue weighted by atomic mass is 16.5. The van der Waals surface area contributed by atoms with Gasteiger partial charge in [0.15, 0.2) is 5.43 Å². The Balaban J connectivity index is 1.40. The normalized spacial score (nSPS) is 15.4. The number of nitrogens with zero attached hydrogens (tertiary/aromatic N) is 1. The minimum absolute atomic E-state index is 0.0590. The molecule has 2 aromatic carbocycles. The van der Waals surface area contributed by atoms with E-state index in [2.05, 4.69) is 4.90 Å². The molecule has 3 aromatic rings. The van der Waals surface area contributed by atoms with E-state index in [0.717, 1.165) is 50.2 Å². The maximum atomic E-state index is 12.9. The smallest absolute Gasteiger partial charge is 0.200 e. The van der Waals surface area contributed by atoms with Gasteiger partial charge < -0.3 is 24.5 Å². The number of hydrogen-bond acceptors (Lipinski definition) is 6. The van der Waals surface area contributed by atoms with Gasteiger partial charge in [-0.1, -0.05) is 12.1 Å². The molecule has 1 saturated heterocycles. The number of rotatable bonds is 7. The molecule has 30 heavy (non-hydrogen) atoms. The minimum atomic E-state index is -0.0590. The largest absolute Gasteiger partial charge is 0.497 e. The molecule has 2 heterocycles. The highest BCUT2D eigenvalue weighted by molar-refractivity contribution is 5.82. The third-order valence-corrected chi connectivity index (χ3v) is 5.67. The summed E-state index contributed by atoms with van der Waals surface area (Å²) in [6.07, 6.45) is 4.61. The molecule has 0 radical (unpaired) electrons. The van der Waals surface area contributed by atoms with E-state index in [-0.39, 0.29) is 5.43 Å². The van der Waals surface area contributed by atoms with Crippen molar-refractivity contribution >= 4 is 11.0 Å². The van der Waals surface area contributed by atoms with Crippen molar-refractivity contribution < 1.29 is 13.9 Å². The van der Waals surface area contributed by atoms with Gasteiger partial charge in [-0.2, -0.15) is 0 Å². The molecule has 0 aliphatic carbocycles. The Labute approximate surface area is 176 Å². The van der Waals surface area contributed by atoms with Gasteiger partial charge in [0.05, 0.1) is 24.7 Å². The average Bonchev–Trinajstić information content (AvgIpc) is 2.78. The van der Waals surface area contributed by atoms with Gasteiger partial charge in [0.1, 0.15) is 23.3 Å². The van der Waals surface area contributed by atoms with Gasteiger partial charge in [-0.3, -0.25) is 4.79 Å². The lowest BCUT2D eigenvalue weighted by Crippen LogP contribution is -2.40. The number of likely N-dealkylation sites (tertiary alicyclic amines) is 1. The van der Waals surface area contributed by atoms with Gasteiger partial charge in [-0.15, -0.1) is 0 Å². The van der Waals surface area contributed by atoms with Crippen molar-refractivity contribution in [2.45, 2.75) is 25.3 Å². The number of benzene rings is 2. The first kappa shape index (κ1) is 20.4. The van der Waals surface area contributed by atoms with Crippen LogP contribution in [0.3, 0.4) is 0 Å². The Hall–Kier alpha value is -2.83. The fraction of sp³-hybridized carbons (Fsp3) is 0.375. The molecule has 0 bridgehead atoms. The second-order valence-corrected chi connectivity index (χ2v) is 7.75. The van der Waals surface area contributed by atoms with E-state index >= 15 is 0 Å². The van der Waals surface area contributed by atoms with Crippen LogP contribution in [0.25, 0.3) is 22.1 Å². The monoisotopic (exact) mass is 408 g/mol. The summed E-state index contributed by atoms with van der Waals surface area (Å²) >= 11 is 0. The Bertz CT molecular complexity index is 1040. The van der Waals surface area contributed by atoms with Crippen molar-refractivity contribution in [1.82, 2.24) is 4.90 Å². The predicted octanol–water partition coefficient (Wildman–Crippen LogP) is 3.66. The van der Waals surface area contributed by atoms with Crippen LogP contribution < -0.4 is 20.6 Å². The fourth-order valence-electron chi connectivity index (χ4n) is 3.82. The van der Waals surface area contributed by atoms with E-state index in [4.69, 9.17) is 19.6 Å². The number of nitrogens with two attached hydrogens (primary N) is 1. The van der Waals surface area contributed by atoms with E-state index in [1.807, 2.05) is 30.3 Å². The van der Waals surface area contributed by atoms with Gasteiger partial charge in [-0.05, 0) is 62.2 Å². The molecule has 4 rings (SSSR count). The molecule has 0 saturated carbocycles. The summed E-state index contributed by atoms with van der Waals surface area (Å²) in [6, 6.07) is 13.1. The molecule has 1 aromatic heterocycles. The molecule has 0 spiro atoms. The maximum absolute atomic E-state index is 12.9. The molecule has 6 heteroatoms. The van der Waals surface area contributed by atoms with E-state index in [0.29, 0.717) is 34.9 Å². The molecule has 1 aliphatic heterocycles. The highest BCUT2D eigenvalue weighted by Crippen LogP contribution is 2.24. The summed E-state index contributed by atoms with van der Waals surface area (Å²) in [7, 11) is 1.61. The van der Waals surface area contributed by atoms with Crippen LogP contribution >= 0.6 is 0 Å². The van der Waals surface area contributed by atoms with Gasteiger partial charge in [0.2, 0.25) is 0 Å². The number of fused-ring (bicyclic) bond motifs is 1. The fourth-order valence-corrected chi connectivity index (χ4v) is 3.82. The van der Waals surface area contributed by atoms with E-state index < -0.39 is 0 Å². The molecule has 6 nitrogen and oxygen atoms in total. The van der Waals surface area contributed by atoms with Gasteiger partial charge >= 0.3 is 0 Å². The van der Waals surface area contributed by atoms with Crippen LogP contribution in [0.2, 0.25) is 0 Å². The molecule has 0 atom stereocenters. The topological polar surface area (TPSA) is 77.9 Å². The third kappa shape index (κ3) is 4.66. The van der Waals surface area contributed by atoms with Crippen LogP contribution in [0.1, 0.15) is 19.3 Å². The molecule has 0 unspecified atom stereocenters. The van der Waals surface area contributed by atoms with Crippen LogP contribution in [0.5, 0.6) is 11.5 Å². The Kier molecular flexibility index (Phi) is 6.35. The number of hydrogen-bond donors (Lipinski definition) is 1. The summed E-state index contributed by atoms with van der Waals surface area (Å²) in [5.74, 6) is 1.46. The lowest BCUT2D eigenvalue weighted by molar-refractivity contribution is 0.194. The maximum Gasteiger partial charge on any atom is 0.200 e. The molecule has 0 amide bonds. The van der Waals surface area contributed by atoms with Crippen molar-refractivity contribution in [2.24, 2.45) is 5.73 Å². The van der Waals surface area contributed by atoms with Gasteiger partial charge in [0.25, 0.3) is 0 Å². The zero-order chi connectivity index (χ0) is 20.9. The predicted molar refractivity (Wildman–Crippen MR) is 118 cm³/mol. The summed E-state index contributed by atoms with van der Waals surface area (Å²) in [5, 5.41) is 0.542. The van der Waals surface area contributed by atoms with Crippen molar-refractivity contribution in [1.29, 1.82) is 0 Å². The first-order chi connectivity index (χ1) is 14.6. The Morgan fingerprint density at radius 1 is 1.10 bits per heavy atom. The Morgan fingerprint density at radius 2 is 1.83 bits per heavy atom. The summed E-state index contributed by atoms with van der Waals surface area (Å²) in [5.41, 5.74) is 7.74. The number of methoxy groups -OCH3 is 1. The molecular weight excluding hydrogens is 380 g/mol. The summed E-state index contributed by atoms with van der Waals surface area (Å²) in [6.45, 7) is 3.78. The number of ether oxygens (including phenoxy) is 2. The quantitative estimate of drug-likeness (QED) is 0.601. The highest BCUT2D eigenvalue weighted by Gasteiger charge is 2.15. The van der Waals surface area contributed by atoms with Crippen LogP contribution in [0, 0.1) is 0 Å². The first-order valence-corrected chi connectivity index (χ1v) is 10.4. The SMILES string of the molecule is COc1ccc(-c2coc3cc(OCCCN4CCC(N)CC4)ccc3c2=O)cc1. The zero-order valence-corrected chi connectivity index (χ0v) is 17.3. The number of piperidine rings is 1. The Morgan fingerprint density at radius 3 is 2.57 bits per heavy atom. The molecular formula is C24H28N2O4. The van der Waals surface area contributed by atoms with Crippen LogP contribution in [-0.4, -0.2) is 44.3 Å². The van der Waals surface area contributed by atoms with Gasteiger partial charge in [0, 0.05) is 18.7 Å². The minimum Gasteiger partial charge on any atom is -0.497 e. The van der Waals surface area contributed by atoms with Crippen LogP contribution in [0.4, 0.5) is 0 Å². The standard InChI is InChI=1S/C24H28N2O4/c1-28-19-5-3-17(4-6-19)22-16-30-23-15-20(7-8-21(23)24(22)27)29-14-2-11-26-12-9-18(25)10-13-26/h3-8,15-16,18H,2,9-14,25H2,1H3. The lowest BCUT2D eigenvalue weighted by Gasteiger charge is -2.29. The van der Waals surface area contributed by atoms with Crippen molar-refractivity contribution in [3.05, 3.63) is 59.0 Å². The van der Waals surface area contributed by atoms with E-state index in [9.17, 15) is 4.79 Å². The van der Waals surface area contributed by atoms with Crippen molar-refractivity contribution in [3.63, 3.8) is 0 Å². The average molecular weight is 408 g/mol. The van der Waals surface area contributed by atoms with Crippen molar-refractivity contribution in [3.8, 4) is 22.6 Å². The van der Waals surface area contributed by atoms with Crippen LogP contribution in [0.15, 0.2) is 57.9 Å². The lowest BCUT2D eigenvalue weighted by atomic mass is 10.1. The van der Waals surface area contributed by atoms with E-state index in [1.165, 1.54) is 6.26 Å². The second kappa shape index (κ2) is 9.32. The summed E-state index contributed by atoms with van der Waals surface area (Å²) < 4.78 is 16.8. The molecule has 1 fully saturated rings. The zero-order valence-electron chi connectivity index (χ0n) is 17.3.